The van der Waals surface area contributed by atoms with Crippen LogP contribution in [0.5, 0.6) is 0 Å². The summed E-state index contributed by atoms with van der Waals surface area (Å²) >= 11 is 3.40. The third kappa shape index (κ3) is 4.56. The molecule has 1 aliphatic carbocycles. The van der Waals surface area contributed by atoms with Gasteiger partial charge in [0.25, 0.3) is 0 Å². The number of carbonyl (C=O) groups is 2. The fourth-order valence-corrected chi connectivity index (χ4v) is 3.19. The molecule has 2 rings (SSSR count). The van der Waals surface area contributed by atoms with Gasteiger partial charge in [0.1, 0.15) is 0 Å². The number of benzene rings is 1. The maximum Gasteiger partial charge on any atom is 0.226 e. The van der Waals surface area contributed by atoms with Gasteiger partial charge in [-0.1, -0.05) is 25.0 Å². The molecule has 0 heterocycles. The number of nitrogens with zero attached hydrogens (tertiary/aromatic N) is 1. The van der Waals surface area contributed by atoms with Gasteiger partial charge in [-0.15, -0.1) is 0 Å². The molecule has 1 saturated carbocycles. The average Bonchev–Trinajstić information content (AvgIpc) is 2.95. The van der Waals surface area contributed by atoms with Crippen molar-refractivity contribution in [3.63, 3.8) is 0 Å². The lowest BCUT2D eigenvalue weighted by molar-refractivity contribution is -0.131. The number of nitrogens with one attached hydrogen (secondary N) is 1. The molecule has 0 radical (unpaired) electrons. The molecule has 1 aromatic carbocycles. The number of rotatable bonds is 5. The first-order valence-electron chi connectivity index (χ1n) is 7.39. The number of halogens is 1. The first-order chi connectivity index (χ1) is 10.1. The zero-order valence-corrected chi connectivity index (χ0v) is 13.9. The monoisotopic (exact) mass is 352 g/mol. The molecule has 0 unspecified atom stereocenters. The van der Waals surface area contributed by atoms with E-state index in [1.165, 1.54) is 12.8 Å². The van der Waals surface area contributed by atoms with Crippen LogP contribution in [0.1, 0.15) is 39.0 Å². The van der Waals surface area contributed by atoms with Gasteiger partial charge in [0, 0.05) is 30.4 Å². The highest BCUT2D eigenvalue weighted by Gasteiger charge is 2.24. The first-order valence-corrected chi connectivity index (χ1v) is 8.19. The van der Waals surface area contributed by atoms with Crippen LogP contribution >= 0.6 is 15.9 Å². The Hall–Kier alpha value is -1.36. The van der Waals surface area contributed by atoms with Gasteiger partial charge in [-0.25, -0.2) is 0 Å². The maximum absolute atomic E-state index is 12.0. The predicted molar refractivity (Wildman–Crippen MR) is 87.0 cm³/mol. The van der Waals surface area contributed by atoms with Crippen LogP contribution < -0.4 is 5.32 Å². The van der Waals surface area contributed by atoms with Crippen LogP contribution in [0.25, 0.3) is 0 Å². The van der Waals surface area contributed by atoms with Crippen molar-refractivity contribution in [3.8, 4) is 0 Å². The van der Waals surface area contributed by atoms with E-state index >= 15 is 0 Å². The maximum atomic E-state index is 12.0. The van der Waals surface area contributed by atoms with Crippen molar-refractivity contribution in [1.82, 2.24) is 4.90 Å². The summed E-state index contributed by atoms with van der Waals surface area (Å²) in [5.74, 6) is 0.00161. The summed E-state index contributed by atoms with van der Waals surface area (Å²) < 4.78 is 0.859. The zero-order chi connectivity index (χ0) is 15.2. The summed E-state index contributed by atoms with van der Waals surface area (Å²) in [6.07, 6.45) is 4.81. The Morgan fingerprint density at radius 1 is 1.29 bits per heavy atom. The topological polar surface area (TPSA) is 49.4 Å². The minimum Gasteiger partial charge on any atom is -0.339 e. The van der Waals surface area contributed by atoms with E-state index in [4.69, 9.17) is 0 Å². The van der Waals surface area contributed by atoms with Gasteiger partial charge in [0.15, 0.2) is 0 Å². The lowest BCUT2D eigenvalue weighted by Crippen LogP contribution is -2.39. The molecular weight excluding hydrogens is 332 g/mol. The average molecular weight is 353 g/mol. The van der Waals surface area contributed by atoms with Crippen LogP contribution in [0.15, 0.2) is 28.7 Å². The van der Waals surface area contributed by atoms with Crippen molar-refractivity contribution in [2.75, 3.05) is 11.9 Å². The van der Waals surface area contributed by atoms with Gasteiger partial charge < -0.3 is 10.2 Å². The molecule has 5 heteroatoms. The van der Waals surface area contributed by atoms with E-state index in [1.807, 2.05) is 29.2 Å². The van der Waals surface area contributed by atoms with Crippen LogP contribution in [0.2, 0.25) is 0 Å². The highest BCUT2D eigenvalue weighted by molar-refractivity contribution is 9.10. The number of hydrogen-bond acceptors (Lipinski definition) is 2. The fraction of sp³-hybridized carbons (Fsp3) is 0.500. The largest absolute Gasteiger partial charge is 0.339 e. The van der Waals surface area contributed by atoms with Crippen LogP contribution in [0, 0.1) is 0 Å². The Kier molecular flexibility index (Phi) is 5.79. The van der Waals surface area contributed by atoms with Crippen molar-refractivity contribution in [3.05, 3.63) is 28.7 Å². The van der Waals surface area contributed by atoms with Crippen molar-refractivity contribution in [2.24, 2.45) is 0 Å². The summed E-state index contributed by atoms with van der Waals surface area (Å²) in [5, 5.41) is 2.87. The van der Waals surface area contributed by atoms with E-state index in [1.54, 1.807) is 6.92 Å². The van der Waals surface area contributed by atoms with E-state index in [9.17, 15) is 9.59 Å². The molecule has 114 valence electrons. The smallest absolute Gasteiger partial charge is 0.226 e. The van der Waals surface area contributed by atoms with Crippen LogP contribution in [-0.2, 0) is 9.59 Å². The van der Waals surface area contributed by atoms with Gasteiger partial charge in [0.05, 0.1) is 5.69 Å². The van der Waals surface area contributed by atoms with Gasteiger partial charge in [0.2, 0.25) is 11.8 Å². The fourth-order valence-electron chi connectivity index (χ4n) is 2.81. The van der Waals surface area contributed by atoms with Gasteiger partial charge in [-0.05, 0) is 40.9 Å². The number of anilines is 1. The minimum absolute atomic E-state index is 0.0638. The van der Waals surface area contributed by atoms with E-state index in [0.29, 0.717) is 19.0 Å². The molecular formula is C16H21BrN2O2. The van der Waals surface area contributed by atoms with Crippen LogP contribution in [-0.4, -0.2) is 29.3 Å². The molecule has 1 aromatic rings. The standard InChI is InChI=1S/C16H21BrN2O2/c1-12(20)19(13-6-2-3-7-13)11-10-16(21)18-15-9-5-4-8-14(15)17/h4-5,8-9,13H,2-3,6-7,10-11H2,1H3,(H,18,21). The van der Waals surface area contributed by atoms with E-state index in [0.717, 1.165) is 23.0 Å². The summed E-state index contributed by atoms with van der Waals surface area (Å²) in [6.45, 7) is 2.08. The van der Waals surface area contributed by atoms with Crippen molar-refractivity contribution in [2.45, 2.75) is 45.1 Å². The lowest BCUT2D eigenvalue weighted by atomic mass is 10.2. The minimum atomic E-state index is -0.0638. The normalized spacial score (nSPS) is 15.0. The third-order valence-corrected chi connectivity index (χ3v) is 4.59. The SMILES string of the molecule is CC(=O)N(CCC(=O)Nc1ccccc1Br)C1CCCC1. The molecule has 1 N–H and O–H groups in total. The Bertz CT molecular complexity index is 513. The zero-order valence-electron chi connectivity index (χ0n) is 12.3. The molecule has 0 saturated heterocycles. The molecule has 2 amide bonds. The predicted octanol–water partition coefficient (Wildman–Crippen LogP) is 3.57. The van der Waals surface area contributed by atoms with Crippen molar-refractivity contribution in [1.29, 1.82) is 0 Å². The quantitative estimate of drug-likeness (QED) is 0.880. The molecule has 1 aliphatic rings. The molecule has 0 spiro atoms. The molecule has 1 fully saturated rings. The molecule has 21 heavy (non-hydrogen) atoms. The summed E-state index contributed by atoms with van der Waals surface area (Å²) in [7, 11) is 0. The van der Waals surface area contributed by atoms with Crippen molar-refractivity contribution < 1.29 is 9.59 Å². The van der Waals surface area contributed by atoms with Gasteiger partial charge >= 0.3 is 0 Å². The second-order valence-corrected chi connectivity index (χ2v) is 6.28. The van der Waals surface area contributed by atoms with Gasteiger partial charge in [-0.2, -0.15) is 0 Å². The van der Waals surface area contributed by atoms with Gasteiger partial charge in [-0.3, -0.25) is 9.59 Å². The number of para-hydroxylation sites is 1. The second-order valence-electron chi connectivity index (χ2n) is 5.43. The van der Waals surface area contributed by atoms with Crippen LogP contribution in [0.3, 0.4) is 0 Å². The molecule has 0 atom stereocenters. The number of hydrogen-bond donors (Lipinski definition) is 1. The summed E-state index contributed by atoms with van der Waals surface area (Å²) in [4.78, 5) is 25.6. The van der Waals surface area contributed by atoms with E-state index < -0.39 is 0 Å². The van der Waals surface area contributed by atoms with E-state index in [2.05, 4.69) is 21.2 Å². The Balaban J connectivity index is 1.87. The number of carbonyl (C=O) groups excluding carboxylic acids is 2. The number of amides is 2. The first kappa shape index (κ1) is 16.0. The Morgan fingerprint density at radius 2 is 1.95 bits per heavy atom. The molecule has 0 aliphatic heterocycles. The summed E-state index contributed by atoms with van der Waals surface area (Å²) in [6, 6.07) is 7.83. The molecule has 0 bridgehead atoms. The highest BCUT2D eigenvalue weighted by atomic mass is 79.9. The molecule has 0 aromatic heterocycles. The molecule has 4 nitrogen and oxygen atoms in total. The van der Waals surface area contributed by atoms with E-state index in [-0.39, 0.29) is 11.8 Å². The second kappa shape index (κ2) is 7.59. The highest BCUT2D eigenvalue weighted by Crippen LogP contribution is 2.24. The third-order valence-electron chi connectivity index (χ3n) is 3.90. The Morgan fingerprint density at radius 3 is 2.57 bits per heavy atom. The van der Waals surface area contributed by atoms with Crippen LogP contribution in [0.4, 0.5) is 5.69 Å². The lowest BCUT2D eigenvalue weighted by Gasteiger charge is -2.27. The van der Waals surface area contributed by atoms with Crippen molar-refractivity contribution >= 4 is 33.4 Å². The summed E-state index contributed by atoms with van der Waals surface area (Å²) in [5.41, 5.74) is 0.762. The Labute approximate surface area is 134 Å².